The summed E-state index contributed by atoms with van der Waals surface area (Å²) in [5.74, 6) is -0.446. The predicted octanol–water partition coefficient (Wildman–Crippen LogP) is 1.73. The van der Waals surface area contributed by atoms with Crippen molar-refractivity contribution in [1.29, 1.82) is 0 Å². The molecule has 17 heavy (non-hydrogen) atoms. The van der Waals surface area contributed by atoms with E-state index in [9.17, 15) is 14.3 Å². The van der Waals surface area contributed by atoms with Crippen molar-refractivity contribution in [3.63, 3.8) is 0 Å². The van der Waals surface area contributed by atoms with Gasteiger partial charge in [0.1, 0.15) is 5.82 Å². The largest absolute Gasteiger partial charge is 0.391 e. The number of carbonyl (C=O) groups excluding carboxylic acids is 1. The number of aliphatic hydroxyl groups excluding tert-OH is 1. The molecule has 1 aliphatic heterocycles. The first-order valence-corrected chi connectivity index (χ1v) is 5.56. The molecule has 4 nitrogen and oxygen atoms in total. The first kappa shape index (κ1) is 11.9. The first-order valence-electron chi connectivity index (χ1n) is 5.56. The Morgan fingerprint density at radius 3 is 2.94 bits per heavy atom. The van der Waals surface area contributed by atoms with Gasteiger partial charge in [0, 0.05) is 13.1 Å². The molecule has 92 valence electrons. The van der Waals surface area contributed by atoms with Gasteiger partial charge in [0.2, 0.25) is 0 Å². The Kier molecular flexibility index (Phi) is 3.28. The molecule has 1 aromatic rings. The highest BCUT2D eigenvalue weighted by molar-refractivity contribution is 5.89. The van der Waals surface area contributed by atoms with Crippen molar-refractivity contribution >= 4 is 11.7 Å². The van der Waals surface area contributed by atoms with Crippen LogP contribution in [-0.2, 0) is 0 Å². The van der Waals surface area contributed by atoms with Crippen molar-refractivity contribution in [3.05, 3.63) is 29.6 Å². The molecule has 0 spiro atoms. The van der Waals surface area contributed by atoms with Crippen LogP contribution in [0.2, 0.25) is 0 Å². The van der Waals surface area contributed by atoms with Crippen molar-refractivity contribution < 1.29 is 14.3 Å². The van der Waals surface area contributed by atoms with E-state index in [0.717, 1.165) is 5.56 Å². The number of nitrogens with zero attached hydrogens (tertiary/aromatic N) is 1. The molecule has 0 bridgehead atoms. The minimum Gasteiger partial charge on any atom is -0.391 e. The van der Waals surface area contributed by atoms with Crippen LogP contribution in [0.1, 0.15) is 12.0 Å². The Morgan fingerprint density at radius 2 is 2.35 bits per heavy atom. The first-order chi connectivity index (χ1) is 8.06. The quantitative estimate of drug-likeness (QED) is 0.783. The normalized spacial score (nSPS) is 19.5. The van der Waals surface area contributed by atoms with Crippen LogP contribution in [0.4, 0.5) is 14.9 Å². The number of hydrogen-bond donors (Lipinski definition) is 2. The summed E-state index contributed by atoms with van der Waals surface area (Å²) in [4.78, 5) is 13.2. The van der Waals surface area contributed by atoms with Crippen LogP contribution in [0.3, 0.4) is 0 Å². The number of aliphatic hydroxyl groups is 1. The minimum atomic E-state index is -0.469. The van der Waals surface area contributed by atoms with E-state index in [-0.39, 0.29) is 11.7 Å². The second kappa shape index (κ2) is 4.71. The van der Waals surface area contributed by atoms with Gasteiger partial charge >= 0.3 is 6.03 Å². The molecule has 1 aliphatic rings. The van der Waals surface area contributed by atoms with Gasteiger partial charge in [-0.15, -0.1) is 0 Å². The van der Waals surface area contributed by atoms with Gasteiger partial charge in [-0.3, -0.25) is 0 Å². The van der Waals surface area contributed by atoms with Gasteiger partial charge in [-0.05, 0) is 31.0 Å². The van der Waals surface area contributed by atoms with E-state index >= 15 is 0 Å². The van der Waals surface area contributed by atoms with E-state index in [1.807, 2.05) is 0 Å². The van der Waals surface area contributed by atoms with Crippen molar-refractivity contribution in [2.24, 2.45) is 0 Å². The third-order valence-corrected chi connectivity index (χ3v) is 2.82. The van der Waals surface area contributed by atoms with Crippen molar-refractivity contribution in [2.45, 2.75) is 19.4 Å². The molecule has 1 aromatic carbocycles. The highest BCUT2D eigenvalue weighted by atomic mass is 19.1. The lowest BCUT2D eigenvalue weighted by atomic mass is 10.2. The number of likely N-dealkylation sites (tertiary alicyclic amines) is 1. The number of urea groups is 1. The molecule has 2 amide bonds. The van der Waals surface area contributed by atoms with Crippen LogP contribution in [0.15, 0.2) is 18.2 Å². The Hall–Kier alpha value is -1.62. The number of hydrogen-bond acceptors (Lipinski definition) is 2. The second-order valence-corrected chi connectivity index (χ2v) is 4.30. The van der Waals surface area contributed by atoms with Crippen LogP contribution >= 0.6 is 0 Å². The van der Waals surface area contributed by atoms with E-state index in [4.69, 9.17) is 0 Å². The Morgan fingerprint density at radius 1 is 1.59 bits per heavy atom. The maximum Gasteiger partial charge on any atom is 0.322 e. The average Bonchev–Trinajstić information content (AvgIpc) is 2.69. The third-order valence-electron chi connectivity index (χ3n) is 2.82. The average molecular weight is 238 g/mol. The summed E-state index contributed by atoms with van der Waals surface area (Å²) in [6.07, 6.45) is 0.104. The highest BCUT2D eigenvalue weighted by Crippen LogP contribution is 2.17. The van der Waals surface area contributed by atoms with Crippen LogP contribution in [-0.4, -0.2) is 35.2 Å². The van der Waals surface area contributed by atoms with Crippen LogP contribution < -0.4 is 5.32 Å². The van der Waals surface area contributed by atoms with Crippen LogP contribution in [0, 0.1) is 12.7 Å². The molecular weight excluding hydrogens is 223 g/mol. The van der Waals surface area contributed by atoms with Gasteiger partial charge in [-0.25, -0.2) is 9.18 Å². The van der Waals surface area contributed by atoms with Gasteiger partial charge in [-0.2, -0.15) is 0 Å². The second-order valence-electron chi connectivity index (χ2n) is 4.30. The summed E-state index contributed by atoms with van der Waals surface area (Å²) < 4.78 is 13.5. The smallest absolute Gasteiger partial charge is 0.322 e. The molecule has 2 rings (SSSR count). The number of β-amino-alcohol motifs (C(OH)–C–C–N with tert-alkyl or cyclic N) is 1. The number of amides is 2. The summed E-state index contributed by atoms with van der Waals surface area (Å²) in [6, 6.07) is 4.27. The van der Waals surface area contributed by atoms with E-state index in [1.54, 1.807) is 13.0 Å². The summed E-state index contributed by atoms with van der Waals surface area (Å²) in [5.41, 5.74) is 0.971. The molecule has 0 saturated carbocycles. The summed E-state index contributed by atoms with van der Waals surface area (Å²) in [5, 5.41) is 11.8. The van der Waals surface area contributed by atoms with E-state index < -0.39 is 11.9 Å². The fraction of sp³-hybridized carbons (Fsp3) is 0.417. The van der Waals surface area contributed by atoms with Crippen LogP contribution in [0.25, 0.3) is 0 Å². The van der Waals surface area contributed by atoms with Crippen molar-refractivity contribution in [1.82, 2.24) is 4.90 Å². The maximum atomic E-state index is 13.5. The molecule has 0 radical (unpaired) electrons. The van der Waals surface area contributed by atoms with Crippen LogP contribution in [0.5, 0.6) is 0 Å². The Bertz CT molecular complexity index is 437. The molecular formula is C12H15FN2O2. The SMILES string of the molecule is Cc1ccc(NC(=O)N2CC[C@@H](O)C2)c(F)c1. The summed E-state index contributed by atoms with van der Waals surface area (Å²) in [6.45, 7) is 2.59. The van der Waals surface area contributed by atoms with Gasteiger partial charge in [0.25, 0.3) is 0 Å². The fourth-order valence-corrected chi connectivity index (χ4v) is 1.84. The topological polar surface area (TPSA) is 52.6 Å². The zero-order valence-electron chi connectivity index (χ0n) is 9.61. The Balaban J connectivity index is 2.03. The van der Waals surface area contributed by atoms with Crippen molar-refractivity contribution in [2.75, 3.05) is 18.4 Å². The molecule has 1 saturated heterocycles. The van der Waals surface area contributed by atoms with Gasteiger partial charge < -0.3 is 15.3 Å². The lowest BCUT2D eigenvalue weighted by molar-refractivity contribution is 0.176. The molecule has 2 N–H and O–H groups in total. The zero-order valence-corrected chi connectivity index (χ0v) is 9.61. The molecule has 1 fully saturated rings. The van der Waals surface area contributed by atoms with Crippen molar-refractivity contribution in [3.8, 4) is 0 Å². The monoisotopic (exact) mass is 238 g/mol. The number of rotatable bonds is 1. The van der Waals surface area contributed by atoms with E-state index in [0.29, 0.717) is 19.5 Å². The minimum absolute atomic E-state index is 0.169. The molecule has 0 aromatic heterocycles. The maximum absolute atomic E-state index is 13.5. The van der Waals surface area contributed by atoms with Gasteiger partial charge in [0.15, 0.2) is 0 Å². The Labute approximate surface area is 99.0 Å². The molecule has 1 heterocycles. The number of nitrogens with one attached hydrogen (secondary N) is 1. The number of aryl methyl sites for hydroxylation is 1. The summed E-state index contributed by atoms with van der Waals surface area (Å²) >= 11 is 0. The number of anilines is 1. The fourth-order valence-electron chi connectivity index (χ4n) is 1.84. The van der Waals surface area contributed by atoms with E-state index in [2.05, 4.69) is 5.32 Å². The predicted molar refractivity (Wildman–Crippen MR) is 62.4 cm³/mol. The molecule has 0 aliphatic carbocycles. The summed E-state index contributed by atoms with van der Waals surface area (Å²) in [7, 11) is 0. The number of benzene rings is 1. The lowest BCUT2D eigenvalue weighted by Crippen LogP contribution is -2.33. The third kappa shape index (κ3) is 2.74. The molecule has 0 unspecified atom stereocenters. The number of carbonyl (C=O) groups is 1. The number of halogens is 1. The van der Waals surface area contributed by atoms with E-state index in [1.165, 1.54) is 17.0 Å². The molecule has 5 heteroatoms. The van der Waals surface area contributed by atoms with Gasteiger partial charge in [-0.1, -0.05) is 6.07 Å². The molecule has 1 atom stereocenters. The standard InChI is InChI=1S/C12H15FN2O2/c1-8-2-3-11(10(13)6-8)14-12(17)15-5-4-9(16)7-15/h2-3,6,9,16H,4-5,7H2,1H3,(H,14,17)/t9-/m1/s1. The van der Waals surface area contributed by atoms with Gasteiger partial charge in [0.05, 0.1) is 11.8 Å². The zero-order chi connectivity index (χ0) is 12.4. The lowest BCUT2D eigenvalue weighted by Gasteiger charge is -2.16. The highest BCUT2D eigenvalue weighted by Gasteiger charge is 2.24.